The minimum Gasteiger partial charge on any atom is -0.501 e. The number of rotatable bonds is 3. The Balaban J connectivity index is 3.56. The van der Waals surface area contributed by atoms with E-state index in [4.69, 9.17) is 5.11 Å². The molecule has 8 nitrogen and oxygen atoms in total. The summed E-state index contributed by atoms with van der Waals surface area (Å²) in [6, 6.07) is 1.80. The first kappa shape index (κ1) is 12.4. The number of nitrogens with zero attached hydrogens (tertiary/aromatic N) is 1. The van der Waals surface area contributed by atoms with E-state index in [1.807, 2.05) is 0 Å². The maximum Gasteiger partial charge on any atom is 0.345 e. The molecule has 17 heavy (non-hydrogen) atoms. The van der Waals surface area contributed by atoms with Crippen LogP contribution in [0.1, 0.15) is 20.7 Å². The zero-order chi connectivity index (χ0) is 13.2. The molecular formula is C9H7NO7. The Morgan fingerprint density at radius 3 is 2.29 bits per heavy atom. The fraction of sp³-hybridized carbons (Fsp3) is 0.111. The van der Waals surface area contributed by atoms with E-state index in [9.17, 15) is 24.8 Å². The van der Waals surface area contributed by atoms with Crippen LogP contribution >= 0.6 is 0 Å². The minimum absolute atomic E-state index is 0.514. The standard InChI is InChI=1S/C9H7NO7/c1-17-9(14)4-2-3-5(8(12)13)7(11)6(4)10(15)16/h2-3,11H,1H3,(H,12,13). The van der Waals surface area contributed by atoms with Crippen molar-refractivity contribution in [2.45, 2.75) is 0 Å². The first-order chi connectivity index (χ1) is 7.90. The van der Waals surface area contributed by atoms with Crippen LogP contribution < -0.4 is 0 Å². The molecule has 0 saturated heterocycles. The van der Waals surface area contributed by atoms with Gasteiger partial charge in [0.05, 0.1) is 12.0 Å². The average Bonchev–Trinajstić information content (AvgIpc) is 2.26. The lowest BCUT2D eigenvalue weighted by molar-refractivity contribution is -0.386. The SMILES string of the molecule is COC(=O)c1ccc(C(=O)O)c(O)c1[N+](=O)[O-]. The number of methoxy groups -OCH3 is 1. The number of hydrogen-bond acceptors (Lipinski definition) is 6. The summed E-state index contributed by atoms with van der Waals surface area (Å²) in [6.45, 7) is 0. The molecule has 1 rings (SSSR count). The summed E-state index contributed by atoms with van der Waals surface area (Å²) in [4.78, 5) is 31.5. The Bertz CT molecular complexity index is 508. The molecule has 0 atom stereocenters. The summed E-state index contributed by atoms with van der Waals surface area (Å²) in [5.41, 5.74) is -2.17. The van der Waals surface area contributed by atoms with Gasteiger partial charge in [0.1, 0.15) is 11.1 Å². The van der Waals surface area contributed by atoms with Gasteiger partial charge in [-0.2, -0.15) is 0 Å². The number of carbonyl (C=O) groups is 2. The van der Waals surface area contributed by atoms with Gasteiger partial charge in [0.15, 0.2) is 0 Å². The van der Waals surface area contributed by atoms with Crippen molar-refractivity contribution in [1.82, 2.24) is 0 Å². The van der Waals surface area contributed by atoms with E-state index in [1.54, 1.807) is 0 Å². The van der Waals surface area contributed by atoms with Crippen molar-refractivity contribution >= 4 is 17.6 Å². The summed E-state index contributed by atoms with van der Waals surface area (Å²) in [5, 5.41) is 28.8. The number of ether oxygens (including phenoxy) is 1. The molecule has 0 unspecified atom stereocenters. The fourth-order valence-electron chi connectivity index (χ4n) is 1.21. The first-order valence-corrected chi connectivity index (χ1v) is 4.22. The van der Waals surface area contributed by atoms with Crippen LogP contribution in [0.25, 0.3) is 0 Å². The number of phenols is 1. The predicted octanol–water partition coefficient (Wildman–Crippen LogP) is 0.785. The molecule has 1 aromatic carbocycles. The molecule has 0 fully saturated rings. The van der Waals surface area contributed by atoms with Crippen LogP contribution in [-0.4, -0.2) is 34.2 Å². The number of hydrogen-bond donors (Lipinski definition) is 2. The lowest BCUT2D eigenvalue weighted by Gasteiger charge is -2.04. The van der Waals surface area contributed by atoms with Gasteiger partial charge in [0.25, 0.3) is 0 Å². The quantitative estimate of drug-likeness (QED) is 0.454. The third-order valence-electron chi connectivity index (χ3n) is 1.97. The largest absolute Gasteiger partial charge is 0.501 e. The van der Waals surface area contributed by atoms with E-state index in [0.717, 1.165) is 19.2 Å². The van der Waals surface area contributed by atoms with E-state index >= 15 is 0 Å². The second kappa shape index (κ2) is 4.47. The zero-order valence-corrected chi connectivity index (χ0v) is 8.54. The van der Waals surface area contributed by atoms with E-state index in [0.29, 0.717) is 0 Å². The number of carboxylic acids is 1. The fourth-order valence-corrected chi connectivity index (χ4v) is 1.21. The molecule has 0 aromatic heterocycles. The third kappa shape index (κ3) is 2.14. The van der Waals surface area contributed by atoms with Crippen molar-refractivity contribution in [1.29, 1.82) is 0 Å². The Kier molecular flexibility index (Phi) is 3.27. The third-order valence-corrected chi connectivity index (χ3v) is 1.97. The number of carbonyl (C=O) groups excluding carboxylic acids is 1. The van der Waals surface area contributed by atoms with Crippen LogP contribution in [0.2, 0.25) is 0 Å². The van der Waals surface area contributed by atoms with Crippen LogP contribution in [0.3, 0.4) is 0 Å². The van der Waals surface area contributed by atoms with Crippen molar-refractivity contribution in [3.63, 3.8) is 0 Å². The van der Waals surface area contributed by atoms with Gasteiger partial charge >= 0.3 is 17.6 Å². The first-order valence-electron chi connectivity index (χ1n) is 4.22. The molecule has 1 aromatic rings. The molecule has 0 aliphatic heterocycles. The lowest BCUT2D eigenvalue weighted by atomic mass is 10.1. The summed E-state index contributed by atoms with van der Waals surface area (Å²) < 4.78 is 4.28. The van der Waals surface area contributed by atoms with Crippen LogP contribution in [0.4, 0.5) is 5.69 Å². The average molecular weight is 241 g/mol. The highest BCUT2D eigenvalue weighted by Crippen LogP contribution is 2.33. The number of esters is 1. The van der Waals surface area contributed by atoms with Crippen molar-refractivity contribution in [3.8, 4) is 5.75 Å². The van der Waals surface area contributed by atoms with Gasteiger partial charge in [-0.15, -0.1) is 0 Å². The van der Waals surface area contributed by atoms with Crippen LogP contribution in [-0.2, 0) is 4.74 Å². The summed E-state index contributed by atoms with van der Waals surface area (Å²) in [6.07, 6.45) is 0. The van der Waals surface area contributed by atoms with E-state index < -0.39 is 39.4 Å². The van der Waals surface area contributed by atoms with Crippen LogP contribution in [0.5, 0.6) is 5.75 Å². The number of carboxylic acid groups (broad SMARTS) is 1. The molecule has 0 bridgehead atoms. The van der Waals surface area contributed by atoms with Gasteiger partial charge in [-0.1, -0.05) is 0 Å². The molecule has 8 heteroatoms. The van der Waals surface area contributed by atoms with Gasteiger partial charge < -0.3 is 14.9 Å². The van der Waals surface area contributed by atoms with Crippen LogP contribution in [0.15, 0.2) is 12.1 Å². The molecule has 0 aliphatic carbocycles. The Hall–Kier alpha value is -2.64. The number of nitro benzene ring substituents is 1. The second-order valence-electron chi connectivity index (χ2n) is 2.91. The Morgan fingerprint density at radius 2 is 1.88 bits per heavy atom. The van der Waals surface area contributed by atoms with Crippen molar-refractivity contribution < 1.29 is 29.5 Å². The van der Waals surface area contributed by atoms with Crippen molar-refractivity contribution in [2.24, 2.45) is 0 Å². The van der Waals surface area contributed by atoms with E-state index in [2.05, 4.69) is 4.74 Å². The summed E-state index contributed by atoms with van der Waals surface area (Å²) in [7, 11) is 1.01. The van der Waals surface area contributed by atoms with Gasteiger partial charge in [-0.3, -0.25) is 10.1 Å². The maximum atomic E-state index is 11.2. The number of nitro groups is 1. The highest BCUT2D eigenvalue weighted by molar-refractivity contribution is 6.00. The molecular weight excluding hydrogens is 234 g/mol. The smallest absolute Gasteiger partial charge is 0.345 e. The Morgan fingerprint density at radius 1 is 1.35 bits per heavy atom. The molecule has 0 amide bonds. The molecule has 0 saturated carbocycles. The minimum atomic E-state index is -1.54. The number of aromatic hydroxyl groups is 1. The van der Waals surface area contributed by atoms with Crippen LogP contribution in [0, 0.1) is 10.1 Å². The van der Waals surface area contributed by atoms with Gasteiger partial charge in [0.2, 0.25) is 5.75 Å². The molecule has 0 heterocycles. The monoisotopic (exact) mass is 241 g/mol. The number of benzene rings is 1. The second-order valence-corrected chi connectivity index (χ2v) is 2.91. The molecule has 0 radical (unpaired) electrons. The normalized spacial score (nSPS) is 9.71. The molecule has 2 N–H and O–H groups in total. The molecule has 0 aliphatic rings. The van der Waals surface area contributed by atoms with E-state index in [1.165, 1.54) is 0 Å². The maximum absolute atomic E-state index is 11.2. The molecule has 0 spiro atoms. The summed E-state index contributed by atoms with van der Waals surface area (Å²) >= 11 is 0. The lowest BCUT2D eigenvalue weighted by Crippen LogP contribution is -2.08. The summed E-state index contributed by atoms with van der Waals surface area (Å²) in [5.74, 6) is -3.66. The highest BCUT2D eigenvalue weighted by atomic mass is 16.6. The van der Waals surface area contributed by atoms with Gasteiger partial charge in [-0.05, 0) is 12.1 Å². The van der Waals surface area contributed by atoms with Crippen molar-refractivity contribution in [3.05, 3.63) is 33.4 Å². The zero-order valence-electron chi connectivity index (χ0n) is 8.54. The van der Waals surface area contributed by atoms with E-state index in [-0.39, 0.29) is 0 Å². The number of aromatic carboxylic acids is 1. The highest BCUT2D eigenvalue weighted by Gasteiger charge is 2.29. The topological polar surface area (TPSA) is 127 Å². The molecule has 90 valence electrons. The predicted molar refractivity (Wildman–Crippen MR) is 53.1 cm³/mol. The van der Waals surface area contributed by atoms with Gasteiger partial charge in [0, 0.05) is 0 Å². The van der Waals surface area contributed by atoms with Gasteiger partial charge in [-0.25, -0.2) is 9.59 Å². The Labute approximate surface area is 94.2 Å². The van der Waals surface area contributed by atoms with Crippen molar-refractivity contribution in [2.75, 3.05) is 7.11 Å².